The summed E-state index contributed by atoms with van der Waals surface area (Å²) in [5, 5.41) is 0. The highest BCUT2D eigenvalue weighted by atomic mass is 79.9. The second-order valence-electron chi connectivity index (χ2n) is 3.98. The standard InChI is InChI=1S/C15H16Br2O5/c1-4-21-8-10(15(19)22-5-2)13(18)9-6-7-11(16)14(20-3)12(9)17/h6-8H,4-5H2,1-3H3. The lowest BCUT2D eigenvalue weighted by atomic mass is 10.0. The summed E-state index contributed by atoms with van der Waals surface area (Å²) in [6, 6.07) is 3.25. The van der Waals surface area contributed by atoms with Gasteiger partial charge in [0.05, 0.1) is 29.3 Å². The van der Waals surface area contributed by atoms with Crippen LogP contribution in [-0.2, 0) is 14.3 Å². The number of esters is 1. The van der Waals surface area contributed by atoms with Gasteiger partial charge in [-0.1, -0.05) is 0 Å². The highest BCUT2D eigenvalue weighted by Gasteiger charge is 2.25. The van der Waals surface area contributed by atoms with Crippen LogP contribution in [0.3, 0.4) is 0 Å². The highest BCUT2D eigenvalue weighted by Crippen LogP contribution is 2.36. The SMILES string of the molecule is CCOC=C(C(=O)OCC)C(=O)c1ccc(Br)c(OC)c1Br. The van der Waals surface area contributed by atoms with Gasteiger partial charge in [-0.15, -0.1) is 0 Å². The summed E-state index contributed by atoms with van der Waals surface area (Å²) in [5.74, 6) is -0.773. The molecule has 0 spiro atoms. The molecular weight excluding hydrogens is 420 g/mol. The van der Waals surface area contributed by atoms with Crippen molar-refractivity contribution in [3.8, 4) is 5.75 Å². The summed E-state index contributed by atoms with van der Waals surface area (Å²) in [7, 11) is 1.49. The molecule has 120 valence electrons. The molecule has 1 rings (SSSR count). The Kier molecular flexibility index (Phi) is 7.61. The summed E-state index contributed by atoms with van der Waals surface area (Å²) >= 11 is 6.65. The minimum absolute atomic E-state index is 0.167. The predicted molar refractivity (Wildman–Crippen MR) is 89.1 cm³/mol. The van der Waals surface area contributed by atoms with Crippen LogP contribution in [0.4, 0.5) is 0 Å². The first kappa shape index (κ1) is 18.7. The van der Waals surface area contributed by atoms with Crippen molar-refractivity contribution in [3.05, 3.63) is 38.5 Å². The molecular formula is C15H16Br2O5. The molecule has 0 heterocycles. The summed E-state index contributed by atoms with van der Waals surface area (Å²) in [6.07, 6.45) is 1.13. The number of carbonyl (C=O) groups excluding carboxylic acids is 2. The van der Waals surface area contributed by atoms with E-state index in [-0.39, 0.29) is 17.7 Å². The molecule has 0 saturated heterocycles. The third-order valence-corrected chi connectivity index (χ3v) is 4.02. The first-order chi connectivity index (χ1) is 10.5. The average Bonchev–Trinajstić information content (AvgIpc) is 2.48. The van der Waals surface area contributed by atoms with E-state index < -0.39 is 11.8 Å². The van der Waals surface area contributed by atoms with Crippen LogP contribution < -0.4 is 4.74 Å². The first-order valence-corrected chi connectivity index (χ1v) is 8.12. The van der Waals surface area contributed by atoms with E-state index in [1.165, 1.54) is 7.11 Å². The molecule has 0 aliphatic carbocycles. The number of benzene rings is 1. The molecule has 0 aliphatic rings. The molecule has 0 saturated carbocycles. The number of hydrogen-bond acceptors (Lipinski definition) is 5. The zero-order valence-corrected chi connectivity index (χ0v) is 15.6. The number of Topliss-reactive ketones (excluding diaryl/α,β-unsaturated/α-hetero) is 1. The van der Waals surface area contributed by atoms with Crippen LogP contribution in [0, 0.1) is 0 Å². The van der Waals surface area contributed by atoms with E-state index >= 15 is 0 Å². The van der Waals surface area contributed by atoms with E-state index in [0.717, 1.165) is 6.26 Å². The molecule has 0 unspecified atom stereocenters. The normalized spacial score (nSPS) is 11.0. The summed E-state index contributed by atoms with van der Waals surface area (Å²) in [5.41, 5.74) is 0.104. The second-order valence-corrected chi connectivity index (χ2v) is 5.63. The number of rotatable bonds is 7. The van der Waals surface area contributed by atoms with Gasteiger partial charge in [0.25, 0.3) is 0 Å². The van der Waals surface area contributed by atoms with Gasteiger partial charge in [0.15, 0.2) is 0 Å². The monoisotopic (exact) mass is 434 g/mol. The lowest BCUT2D eigenvalue weighted by molar-refractivity contribution is -0.138. The zero-order valence-electron chi connectivity index (χ0n) is 12.4. The fourth-order valence-electron chi connectivity index (χ4n) is 1.61. The lowest BCUT2D eigenvalue weighted by Crippen LogP contribution is -2.17. The van der Waals surface area contributed by atoms with Crippen molar-refractivity contribution in [2.45, 2.75) is 13.8 Å². The van der Waals surface area contributed by atoms with E-state index in [0.29, 0.717) is 21.3 Å². The van der Waals surface area contributed by atoms with E-state index in [1.807, 2.05) is 0 Å². The molecule has 0 atom stereocenters. The minimum atomic E-state index is -0.727. The van der Waals surface area contributed by atoms with Gasteiger partial charge >= 0.3 is 5.97 Å². The van der Waals surface area contributed by atoms with Crippen LogP contribution >= 0.6 is 31.9 Å². The van der Waals surface area contributed by atoms with Crippen molar-refractivity contribution in [1.82, 2.24) is 0 Å². The van der Waals surface area contributed by atoms with Crippen LogP contribution in [0.5, 0.6) is 5.75 Å². The fourth-order valence-corrected chi connectivity index (χ4v) is 3.06. The lowest BCUT2D eigenvalue weighted by Gasteiger charge is -2.11. The quantitative estimate of drug-likeness (QED) is 0.162. The second kappa shape index (κ2) is 8.95. The maximum atomic E-state index is 12.6. The number of hydrogen-bond donors (Lipinski definition) is 0. The third kappa shape index (κ3) is 4.33. The molecule has 0 radical (unpaired) electrons. The fraction of sp³-hybridized carbons (Fsp3) is 0.333. The largest absolute Gasteiger partial charge is 0.500 e. The van der Waals surface area contributed by atoms with E-state index in [1.54, 1.807) is 26.0 Å². The molecule has 0 aliphatic heterocycles. The molecule has 0 N–H and O–H groups in total. The van der Waals surface area contributed by atoms with Crippen molar-refractivity contribution in [2.75, 3.05) is 20.3 Å². The zero-order chi connectivity index (χ0) is 16.7. The Morgan fingerprint density at radius 1 is 1.18 bits per heavy atom. The van der Waals surface area contributed by atoms with Gasteiger partial charge in [-0.25, -0.2) is 4.79 Å². The van der Waals surface area contributed by atoms with Crippen LogP contribution in [-0.4, -0.2) is 32.1 Å². The topological polar surface area (TPSA) is 61.8 Å². The Morgan fingerprint density at radius 3 is 2.41 bits per heavy atom. The molecule has 1 aromatic rings. The van der Waals surface area contributed by atoms with Gasteiger partial charge in [-0.05, 0) is 57.8 Å². The number of carbonyl (C=O) groups is 2. The van der Waals surface area contributed by atoms with Crippen LogP contribution in [0.15, 0.2) is 32.9 Å². The van der Waals surface area contributed by atoms with Gasteiger partial charge in [-0.3, -0.25) is 4.79 Å². The molecule has 5 nitrogen and oxygen atoms in total. The molecule has 0 fully saturated rings. The maximum absolute atomic E-state index is 12.6. The number of ketones is 1. The molecule has 7 heteroatoms. The summed E-state index contributed by atoms with van der Waals surface area (Å²) in [4.78, 5) is 24.6. The smallest absolute Gasteiger partial charge is 0.345 e. The van der Waals surface area contributed by atoms with E-state index in [4.69, 9.17) is 14.2 Å². The molecule has 0 aromatic heterocycles. The Morgan fingerprint density at radius 2 is 1.86 bits per heavy atom. The van der Waals surface area contributed by atoms with Crippen molar-refractivity contribution in [2.24, 2.45) is 0 Å². The van der Waals surface area contributed by atoms with Crippen molar-refractivity contribution >= 4 is 43.6 Å². The van der Waals surface area contributed by atoms with Gasteiger partial charge < -0.3 is 14.2 Å². The molecule has 0 amide bonds. The van der Waals surface area contributed by atoms with Crippen molar-refractivity contribution in [3.63, 3.8) is 0 Å². The maximum Gasteiger partial charge on any atom is 0.345 e. The summed E-state index contributed by atoms with van der Waals surface area (Å²) in [6.45, 7) is 3.92. The van der Waals surface area contributed by atoms with Crippen LogP contribution in [0.1, 0.15) is 24.2 Å². The molecule has 0 bridgehead atoms. The Bertz CT molecular complexity index is 596. The molecule has 22 heavy (non-hydrogen) atoms. The third-order valence-electron chi connectivity index (χ3n) is 2.61. The van der Waals surface area contributed by atoms with Gasteiger partial charge in [0.2, 0.25) is 5.78 Å². The Hall–Kier alpha value is -1.34. The van der Waals surface area contributed by atoms with Crippen molar-refractivity contribution in [1.29, 1.82) is 0 Å². The van der Waals surface area contributed by atoms with Gasteiger partial charge in [-0.2, -0.15) is 0 Å². The molecule has 1 aromatic carbocycles. The number of halogens is 2. The Balaban J connectivity index is 3.28. The minimum Gasteiger partial charge on any atom is -0.500 e. The average molecular weight is 436 g/mol. The van der Waals surface area contributed by atoms with E-state index in [2.05, 4.69) is 31.9 Å². The number of methoxy groups -OCH3 is 1. The van der Waals surface area contributed by atoms with Crippen LogP contribution in [0.25, 0.3) is 0 Å². The summed E-state index contributed by atoms with van der Waals surface area (Å²) < 4.78 is 16.3. The van der Waals surface area contributed by atoms with Crippen LogP contribution in [0.2, 0.25) is 0 Å². The van der Waals surface area contributed by atoms with Crippen molar-refractivity contribution < 1.29 is 23.8 Å². The van der Waals surface area contributed by atoms with E-state index in [9.17, 15) is 9.59 Å². The first-order valence-electron chi connectivity index (χ1n) is 6.53. The predicted octanol–water partition coefficient (Wildman–Crippen LogP) is 3.89. The highest BCUT2D eigenvalue weighted by molar-refractivity contribution is 9.11. The Labute approximate surface area is 145 Å². The number of ether oxygens (including phenoxy) is 3. The van der Waals surface area contributed by atoms with Gasteiger partial charge in [0.1, 0.15) is 17.6 Å². The van der Waals surface area contributed by atoms with Gasteiger partial charge in [0, 0.05) is 5.56 Å².